The van der Waals surface area contributed by atoms with Gasteiger partial charge in [-0.3, -0.25) is 4.98 Å². The Morgan fingerprint density at radius 3 is 1.97 bits per heavy atom. The maximum atomic E-state index is 5.69. The second kappa shape index (κ2) is 10.9. The number of ether oxygens (including phenoxy) is 4. The van der Waals surface area contributed by atoms with E-state index in [0.717, 1.165) is 16.7 Å². The molecule has 0 aliphatic rings. The van der Waals surface area contributed by atoms with Gasteiger partial charge in [0.15, 0.2) is 23.0 Å². The molecule has 0 N–H and O–H groups in total. The van der Waals surface area contributed by atoms with Crippen molar-refractivity contribution < 1.29 is 23.8 Å². The van der Waals surface area contributed by atoms with Crippen molar-refractivity contribution in [2.24, 2.45) is 5.16 Å². The third kappa shape index (κ3) is 5.45. The number of nitrogens with zero attached hydrogens (tertiary/aromatic N) is 2. The maximum Gasteiger partial charge on any atom is 0.161 e. The molecule has 162 valence electrons. The van der Waals surface area contributed by atoms with E-state index in [2.05, 4.69) is 10.1 Å². The number of methoxy groups -OCH3 is 4. The smallest absolute Gasteiger partial charge is 0.161 e. The monoisotopic (exact) mass is 422 g/mol. The first-order chi connectivity index (χ1) is 15.2. The molecule has 3 rings (SSSR count). The molecule has 7 nitrogen and oxygen atoms in total. The van der Waals surface area contributed by atoms with Crippen LogP contribution in [0.2, 0.25) is 0 Å². The van der Waals surface area contributed by atoms with E-state index in [4.69, 9.17) is 23.8 Å². The molecule has 1 aromatic heterocycles. The van der Waals surface area contributed by atoms with E-state index in [-0.39, 0.29) is 0 Å². The summed E-state index contributed by atoms with van der Waals surface area (Å²) in [7, 11) is 6.44. The van der Waals surface area contributed by atoms with E-state index in [1.165, 1.54) is 0 Å². The van der Waals surface area contributed by atoms with Crippen molar-refractivity contribution >= 4 is 5.71 Å². The lowest BCUT2D eigenvalue weighted by Gasteiger charge is -2.12. The van der Waals surface area contributed by atoms with Gasteiger partial charge in [0.2, 0.25) is 0 Å². The Hall–Kier alpha value is -3.74. The lowest BCUT2D eigenvalue weighted by atomic mass is 10.0. The number of benzene rings is 2. The molecule has 0 bridgehead atoms. The van der Waals surface area contributed by atoms with E-state index in [1.54, 1.807) is 40.8 Å². The van der Waals surface area contributed by atoms with Gasteiger partial charge in [-0.1, -0.05) is 11.2 Å². The van der Waals surface area contributed by atoms with Crippen molar-refractivity contribution in [3.05, 3.63) is 77.6 Å². The zero-order chi connectivity index (χ0) is 22.1. The third-order valence-electron chi connectivity index (χ3n) is 4.70. The van der Waals surface area contributed by atoms with Crippen molar-refractivity contribution in [1.82, 2.24) is 4.98 Å². The van der Waals surface area contributed by atoms with Gasteiger partial charge in [-0.2, -0.15) is 0 Å². The third-order valence-corrected chi connectivity index (χ3v) is 4.70. The SMILES string of the molecule is COc1ccc(CCON=C(c2ccncc2)c2ccc(OC)c(OC)c2)cc1OC. The largest absolute Gasteiger partial charge is 0.493 e. The second-order valence-electron chi connectivity index (χ2n) is 6.52. The zero-order valence-corrected chi connectivity index (χ0v) is 18.1. The van der Waals surface area contributed by atoms with E-state index in [0.29, 0.717) is 41.7 Å². The highest BCUT2D eigenvalue weighted by Gasteiger charge is 2.12. The van der Waals surface area contributed by atoms with Crippen molar-refractivity contribution in [2.45, 2.75) is 6.42 Å². The molecular formula is C24H26N2O5. The van der Waals surface area contributed by atoms with Crippen LogP contribution in [0.5, 0.6) is 23.0 Å². The summed E-state index contributed by atoms with van der Waals surface area (Å²) in [5.41, 5.74) is 3.46. The number of hydrogen-bond acceptors (Lipinski definition) is 7. The van der Waals surface area contributed by atoms with Gasteiger partial charge < -0.3 is 23.8 Å². The number of oxime groups is 1. The first-order valence-electron chi connectivity index (χ1n) is 9.73. The highest BCUT2D eigenvalue weighted by molar-refractivity contribution is 6.12. The Kier molecular flexibility index (Phi) is 7.70. The fourth-order valence-electron chi connectivity index (χ4n) is 3.08. The van der Waals surface area contributed by atoms with Crippen molar-refractivity contribution in [2.75, 3.05) is 35.0 Å². The predicted octanol–water partition coefficient (Wildman–Crippen LogP) is 4.13. The summed E-state index contributed by atoms with van der Waals surface area (Å²) >= 11 is 0. The average Bonchev–Trinajstić information content (AvgIpc) is 2.84. The zero-order valence-electron chi connectivity index (χ0n) is 18.1. The highest BCUT2D eigenvalue weighted by atomic mass is 16.6. The minimum Gasteiger partial charge on any atom is -0.493 e. The molecule has 0 unspecified atom stereocenters. The van der Waals surface area contributed by atoms with Crippen LogP contribution in [-0.2, 0) is 11.3 Å². The number of rotatable bonds is 10. The molecule has 0 aliphatic heterocycles. The fourth-order valence-corrected chi connectivity index (χ4v) is 3.08. The van der Waals surface area contributed by atoms with Gasteiger partial charge in [0.1, 0.15) is 12.3 Å². The standard InChI is InChI=1S/C24H26N2O5/c1-27-20-7-5-17(15-22(20)29-3)11-14-31-26-24(18-9-12-25-13-10-18)19-6-8-21(28-2)23(16-19)30-4/h5-10,12-13,15-16H,11,14H2,1-4H3. The summed E-state index contributed by atoms with van der Waals surface area (Å²) in [5.74, 6) is 2.65. The Balaban J connectivity index is 1.79. The fraction of sp³-hybridized carbons (Fsp3) is 0.250. The summed E-state index contributed by atoms with van der Waals surface area (Å²) in [6, 6.07) is 15.2. The van der Waals surface area contributed by atoms with Crippen LogP contribution in [-0.4, -0.2) is 45.7 Å². The van der Waals surface area contributed by atoms with Crippen LogP contribution < -0.4 is 18.9 Å². The molecule has 0 amide bonds. The molecule has 31 heavy (non-hydrogen) atoms. The van der Waals surface area contributed by atoms with E-state index < -0.39 is 0 Å². The Bertz CT molecular complexity index is 1020. The maximum absolute atomic E-state index is 5.69. The van der Waals surface area contributed by atoms with Crippen molar-refractivity contribution in [3.8, 4) is 23.0 Å². The summed E-state index contributed by atoms with van der Waals surface area (Å²) in [4.78, 5) is 9.78. The van der Waals surface area contributed by atoms with Crippen LogP contribution in [0.1, 0.15) is 16.7 Å². The molecule has 3 aromatic rings. The Morgan fingerprint density at radius 2 is 1.32 bits per heavy atom. The highest BCUT2D eigenvalue weighted by Crippen LogP contribution is 2.29. The molecule has 0 radical (unpaired) electrons. The number of hydrogen-bond donors (Lipinski definition) is 0. The predicted molar refractivity (Wildman–Crippen MR) is 119 cm³/mol. The molecule has 0 saturated heterocycles. The lowest BCUT2D eigenvalue weighted by molar-refractivity contribution is 0.148. The summed E-state index contributed by atoms with van der Waals surface area (Å²) < 4.78 is 21.4. The number of aromatic nitrogens is 1. The van der Waals surface area contributed by atoms with Crippen LogP contribution in [0.4, 0.5) is 0 Å². The van der Waals surface area contributed by atoms with Gasteiger partial charge in [0.25, 0.3) is 0 Å². The first-order valence-corrected chi connectivity index (χ1v) is 9.73. The minimum absolute atomic E-state index is 0.400. The quantitative estimate of drug-likeness (QED) is 0.278. The molecule has 2 aromatic carbocycles. The Labute approximate surface area is 182 Å². The molecular weight excluding hydrogens is 396 g/mol. The van der Waals surface area contributed by atoms with Gasteiger partial charge in [-0.25, -0.2) is 0 Å². The average molecular weight is 422 g/mol. The van der Waals surface area contributed by atoms with E-state index in [9.17, 15) is 0 Å². The van der Waals surface area contributed by atoms with E-state index >= 15 is 0 Å². The van der Waals surface area contributed by atoms with Gasteiger partial charge in [-0.05, 0) is 48.0 Å². The van der Waals surface area contributed by atoms with Gasteiger partial charge >= 0.3 is 0 Å². The molecule has 0 fully saturated rings. The summed E-state index contributed by atoms with van der Waals surface area (Å²) in [6.45, 7) is 0.400. The van der Waals surface area contributed by atoms with Crippen LogP contribution in [0.15, 0.2) is 66.1 Å². The van der Waals surface area contributed by atoms with Gasteiger partial charge in [0, 0.05) is 29.9 Å². The minimum atomic E-state index is 0.400. The molecule has 0 saturated carbocycles. The van der Waals surface area contributed by atoms with Crippen LogP contribution >= 0.6 is 0 Å². The lowest BCUT2D eigenvalue weighted by Crippen LogP contribution is -2.06. The molecule has 7 heteroatoms. The molecule has 1 heterocycles. The van der Waals surface area contributed by atoms with Crippen LogP contribution in [0.3, 0.4) is 0 Å². The van der Waals surface area contributed by atoms with Crippen LogP contribution in [0.25, 0.3) is 0 Å². The first kappa shape index (κ1) is 22.0. The summed E-state index contributed by atoms with van der Waals surface area (Å²) in [5, 5.41) is 4.42. The summed E-state index contributed by atoms with van der Waals surface area (Å²) in [6.07, 6.45) is 4.10. The number of pyridine rings is 1. The topological polar surface area (TPSA) is 71.4 Å². The van der Waals surface area contributed by atoms with E-state index in [1.807, 2.05) is 48.5 Å². The van der Waals surface area contributed by atoms with Crippen LogP contribution in [0, 0.1) is 0 Å². The van der Waals surface area contributed by atoms with Crippen molar-refractivity contribution in [3.63, 3.8) is 0 Å². The normalized spacial score (nSPS) is 11.0. The second-order valence-corrected chi connectivity index (χ2v) is 6.52. The van der Waals surface area contributed by atoms with Crippen molar-refractivity contribution in [1.29, 1.82) is 0 Å². The van der Waals surface area contributed by atoms with Gasteiger partial charge in [0.05, 0.1) is 28.4 Å². The van der Waals surface area contributed by atoms with Gasteiger partial charge in [-0.15, -0.1) is 0 Å². The Morgan fingerprint density at radius 1 is 0.710 bits per heavy atom. The molecule has 0 spiro atoms. The molecule has 0 aliphatic carbocycles. The molecule has 0 atom stereocenters.